The van der Waals surface area contributed by atoms with Crippen LogP contribution in [0.25, 0.3) is 0 Å². The average Bonchev–Trinajstić information content (AvgIpc) is 3.15. The van der Waals surface area contributed by atoms with E-state index in [9.17, 15) is 0 Å². The molecule has 0 N–H and O–H groups in total. The quantitative estimate of drug-likeness (QED) is 0.237. The molecule has 3 aromatic carbocycles. The maximum absolute atomic E-state index is 5.04. The van der Waals surface area contributed by atoms with Gasteiger partial charge in [-0.1, -0.05) is 111 Å². The van der Waals surface area contributed by atoms with Crippen LogP contribution in [0.5, 0.6) is 0 Å². The molecule has 3 aliphatic carbocycles. The van der Waals surface area contributed by atoms with E-state index in [0.717, 1.165) is 71.9 Å². The maximum Gasteiger partial charge on any atom is 0.0723 e. The van der Waals surface area contributed by atoms with Gasteiger partial charge in [-0.15, -0.1) is 0 Å². The molecule has 6 heteroatoms. The van der Waals surface area contributed by atoms with Crippen LogP contribution in [0, 0.1) is 0 Å². The summed E-state index contributed by atoms with van der Waals surface area (Å²) in [5.74, 6) is 0. The predicted octanol–water partition coefficient (Wildman–Crippen LogP) is 8.55. The smallest absolute Gasteiger partial charge is 0.0723 e. The molecule has 6 atom stereocenters. The van der Waals surface area contributed by atoms with Crippen molar-refractivity contribution in [1.82, 2.24) is 0 Å². The molecule has 6 nitrogen and oxygen atoms in total. The van der Waals surface area contributed by atoms with Crippen LogP contribution in [0.1, 0.15) is 110 Å². The second kappa shape index (κ2) is 16.2. The Balaban J connectivity index is 1.15. The van der Waals surface area contributed by atoms with Gasteiger partial charge in [0.1, 0.15) is 0 Å². The Morgan fingerprint density at radius 1 is 0.250 bits per heavy atom. The SMILES string of the molecule is C1=N[C@@H]2CCCC[C@H]2N=Cc2ccc(cc2)C=N[C@@H]2CCCC[C@H]2N=Cc2ccc(cc2)C=N[C@@H]2CCCC[C@H]2N=Cc2ccc1cc2. The van der Waals surface area contributed by atoms with E-state index >= 15 is 0 Å². The Bertz CT molecular complexity index is 1330. The van der Waals surface area contributed by atoms with Crippen molar-refractivity contribution in [2.45, 2.75) is 113 Å². The minimum absolute atomic E-state index is 0.218. The van der Waals surface area contributed by atoms with Gasteiger partial charge in [0.25, 0.3) is 0 Å². The van der Waals surface area contributed by atoms with Crippen molar-refractivity contribution in [2.75, 3.05) is 0 Å². The van der Waals surface area contributed by atoms with Crippen LogP contribution < -0.4 is 0 Å². The van der Waals surface area contributed by atoms with Gasteiger partial charge in [-0.25, -0.2) is 0 Å². The highest BCUT2D eigenvalue weighted by atomic mass is 14.9. The third kappa shape index (κ3) is 8.77. The highest BCUT2D eigenvalue weighted by Gasteiger charge is 2.25. The fourth-order valence-electron chi connectivity index (χ4n) is 7.41. The summed E-state index contributed by atoms with van der Waals surface area (Å²) in [6.07, 6.45) is 26.0. The van der Waals surface area contributed by atoms with E-state index in [0.29, 0.717) is 0 Å². The zero-order valence-corrected chi connectivity index (χ0v) is 28.0. The first-order chi connectivity index (χ1) is 23.7. The van der Waals surface area contributed by atoms with Crippen LogP contribution in [0.2, 0.25) is 0 Å². The lowest BCUT2D eigenvalue weighted by Crippen LogP contribution is -2.27. The largest absolute Gasteiger partial charge is 0.287 e. The van der Waals surface area contributed by atoms with Gasteiger partial charge in [0.05, 0.1) is 36.3 Å². The zero-order valence-electron chi connectivity index (χ0n) is 28.0. The van der Waals surface area contributed by atoms with Crippen molar-refractivity contribution in [3.63, 3.8) is 0 Å². The molecule has 10 rings (SSSR count). The first-order valence-corrected chi connectivity index (χ1v) is 18.2. The van der Waals surface area contributed by atoms with Gasteiger partial charge in [0, 0.05) is 37.3 Å². The number of hydrogen-bond donors (Lipinski definition) is 0. The van der Waals surface area contributed by atoms with Crippen LogP contribution in [-0.4, -0.2) is 73.5 Å². The summed E-state index contributed by atoms with van der Waals surface area (Å²) >= 11 is 0. The van der Waals surface area contributed by atoms with E-state index in [2.05, 4.69) is 72.8 Å². The molecule has 3 fully saturated rings. The Labute approximate surface area is 286 Å². The van der Waals surface area contributed by atoms with E-state index in [1.165, 1.54) is 38.5 Å². The summed E-state index contributed by atoms with van der Waals surface area (Å²) in [5.41, 5.74) is 6.72. The summed E-state index contributed by atoms with van der Waals surface area (Å²) in [4.78, 5) is 30.2. The van der Waals surface area contributed by atoms with E-state index < -0.39 is 0 Å². The average molecular weight is 637 g/mol. The van der Waals surface area contributed by atoms with Gasteiger partial charge in [-0.2, -0.15) is 0 Å². The molecule has 0 amide bonds. The van der Waals surface area contributed by atoms with Crippen LogP contribution in [0.3, 0.4) is 0 Å². The highest BCUT2D eigenvalue weighted by molar-refractivity contribution is 5.86. The van der Waals surface area contributed by atoms with Crippen molar-refractivity contribution in [3.8, 4) is 0 Å². The summed E-state index contributed by atoms with van der Waals surface area (Å²) in [7, 11) is 0. The van der Waals surface area contributed by atoms with Gasteiger partial charge in [0.15, 0.2) is 0 Å². The van der Waals surface area contributed by atoms with Crippen LogP contribution in [0.4, 0.5) is 0 Å². The molecule has 0 aromatic heterocycles. The molecule has 0 spiro atoms. The number of nitrogens with zero attached hydrogens (tertiary/aromatic N) is 6. The topological polar surface area (TPSA) is 74.2 Å². The van der Waals surface area contributed by atoms with E-state index in [4.69, 9.17) is 30.0 Å². The van der Waals surface area contributed by atoms with Crippen LogP contribution in [0.15, 0.2) is 103 Å². The summed E-state index contributed by atoms with van der Waals surface area (Å²) in [6, 6.07) is 27.1. The third-order valence-corrected chi connectivity index (χ3v) is 10.4. The summed E-state index contributed by atoms with van der Waals surface area (Å²) in [6.45, 7) is 0. The fraction of sp³-hybridized carbons (Fsp3) is 0.429. The Morgan fingerprint density at radius 2 is 0.396 bits per heavy atom. The normalized spacial score (nSPS) is 27.8. The molecular formula is C42H48N6. The molecule has 3 aromatic rings. The number of aliphatic imine (C=N–C) groups is 6. The van der Waals surface area contributed by atoms with Gasteiger partial charge in [-0.05, 0) is 71.9 Å². The number of rotatable bonds is 0. The summed E-state index contributed by atoms with van der Waals surface area (Å²) < 4.78 is 0. The first kappa shape index (κ1) is 32.2. The Morgan fingerprint density at radius 3 is 0.542 bits per heavy atom. The second-order valence-electron chi connectivity index (χ2n) is 13.9. The molecule has 4 aliphatic heterocycles. The minimum Gasteiger partial charge on any atom is -0.287 e. The van der Waals surface area contributed by atoms with Crippen molar-refractivity contribution in [2.24, 2.45) is 30.0 Å². The van der Waals surface area contributed by atoms with Gasteiger partial charge in [0.2, 0.25) is 0 Å². The van der Waals surface area contributed by atoms with Crippen LogP contribution in [-0.2, 0) is 0 Å². The Hall–Kier alpha value is -4.32. The molecule has 6 bridgehead atoms. The molecule has 0 radical (unpaired) electrons. The second-order valence-corrected chi connectivity index (χ2v) is 13.9. The van der Waals surface area contributed by atoms with Crippen molar-refractivity contribution >= 4 is 37.3 Å². The number of benzene rings is 3. The highest BCUT2D eigenvalue weighted by Crippen LogP contribution is 2.26. The molecule has 246 valence electrons. The van der Waals surface area contributed by atoms with E-state index in [1.807, 2.05) is 37.3 Å². The molecule has 0 unspecified atom stereocenters. The molecule has 3 saturated carbocycles. The van der Waals surface area contributed by atoms with Gasteiger partial charge >= 0.3 is 0 Å². The van der Waals surface area contributed by atoms with E-state index in [1.54, 1.807) is 0 Å². The molecule has 4 heterocycles. The molecule has 0 saturated heterocycles. The summed E-state index contributed by atoms with van der Waals surface area (Å²) in [5, 5.41) is 0. The lowest BCUT2D eigenvalue weighted by Gasteiger charge is -2.25. The van der Waals surface area contributed by atoms with Crippen molar-refractivity contribution in [3.05, 3.63) is 106 Å². The fourth-order valence-corrected chi connectivity index (χ4v) is 7.41. The minimum atomic E-state index is 0.218. The molecular weight excluding hydrogens is 589 g/mol. The predicted molar refractivity (Wildman–Crippen MR) is 203 cm³/mol. The van der Waals surface area contributed by atoms with Crippen molar-refractivity contribution < 1.29 is 0 Å². The molecule has 48 heavy (non-hydrogen) atoms. The number of hydrogen-bond acceptors (Lipinski definition) is 6. The Kier molecular flexibility index (Phi) is 10.9. The van der Waals surface area contributed by atoms with Gasteiger partial charge < -0.3 is 0 Å². The third-order valence-electron chi connectivity index (χ3n) is 10.4. The standard InChI is InChI=1S/C42H48N6/c1-2-8-38-37(7-1)43-25-31-13-15-33(16-14-31)27-45-39-9-3-4-10-40(39)47-29-35-21-23-36(24-22-35)30-48-42-12-6-5-11-41(42)46-28-34-19-17-32(18-20-34)26-44-38/h13-30,37-42H,1-12H2/t37-,38-,39-,40-,41-,42-/m1/s1. The van der Waals surface area contributed by atoms with Crippen LogP contribution >= 0.6 is 0 Å². The zero-order chi connectivity index (χ0) is 32.4. The maximum atomic E-state index is 5.04. The van der Waals surface area contributed by atoms with E-state index in [-0.39, 0.29) is 36.3 Å². The first-order valence-electron chi connectivity index (χ1n) is 18.2. The lowest BCUT2D eigenvalue weighted by atomic mass is 9.91. The monoisotopic (exact) mass is 636 g/mol. The molecule has 7 aliphatic rings. The lowest BCUT2D eigenvalue weighted by molar-refractivity contribution is 0.390. The number of fused-ring (bicyclic) bond motifs is 3. The van der Waals surface area contributed by atoms with Gasteiger partial charge in [-0.3, -0.25) is 30.0 Å². The van der Waals surface area contributed by atoms with Crippen molar-refractivity contribution in [1.29, 1.82) is 0 Å².